The molecule has 2 amide bonds. The molecule has 132 valence electrons. The highest BCUT2D eigenvalue weighted by Crippen LogP contribution is 2.21. The summed E-state index contributed by atoms with van der Waals surface area (Å²) in [5, 5.41) is 5.82. The molecule has 25 heavy (non-hydrogen) atoms. The number of aromatic nitrogens is 1. The second kappa shape index (κ2) is 8.42. The monoisotopic (exact) mass is 339 g/mol. The molecule has 1 heterocycles. The van der Waals surface area contributed by atoms with E-state index in [1.165, 1.54) is 12.3 Å². The SMILES string of the molecule is CCc1cccc(C)c1NC(=O)c1cc(C(=O)NC(C)CC)ccn1. The molecule has 2 rings (SSSR count). The van der Waals surface area contributed by atoms with Crippen molar-refractivity contribution in [2.45, 2.75) is 46.6 Å². The number of rotatable bonds is 6. The molecular formula is C20H25N3O2. The lowest BCUT2D eigenvalue weighted by Gasteiger charge is -2.14. The van der Waals surface area contributed by atoms with Crippen molar-refractivity contribution in [1.29, 1.82) is 0 Å². The summed E-state index contributed by atoms with van der Waals surface area (Å²) in [6, 6.07) is 9.14. The number of para-hydroxylation sites is 1. The number of amides is 2. The van der Waals surface area contributed by atoms with Crippen LogP contribution < -0.4 is 10.6 Å². The van der Waals surface area contributed by atoms with Gasteiger partial charge in [-0.1, -0.05) is 32.0 Å². The molecular weight excluding hydrogens is 314 g/mol. The van der Waals surface area contributed by atoms with Gasteiger partial charge in [-0.15, -0.1) is 0 Å². The number of carbonyl (C=O) groups excluding carboxylic acids is 2. The van der Waals surface area contributed by atoms with Crippen molar-refractivity contribution in [1.82, 2.24) is 10.3 Å². The van der Waals surface area contributed by atoms with Gasteiger partial charge < -0.3 is 10.6 Å². The molecule has 0 aliphatic carbocycles. The summed E-state index contributed by atoms with van der Waals surface area (Å²) in [5.74, 6) is -0.516. The summed E-state index contributed by atoms with van der Waals surface area (Å²) in [5.41, 5.74) is 3.53. The van der Waals surface area contributed by atoms with E-state index in [9.17, 15) is 9.59 Å². The fourth-order valence-electron chi connectivity index (χ4n) is 2.48. The quantitative estimate of drug-likeness (QED) is 0.842. The highest BCUT2D eigenvalue weighted by molar-refractivity contribution is 6.05. The second-order valence-electron chi connectivity index (χ2n) is 6.13. The van der Waals surface area contributed by atoms with E-state index in [0.717, 1.165) is 29.7 Å². The topological polar surface area (TPSA) is 71.1 Å². The summed E-state index contributed by atoms with van der Waals surface area (Å²) < 4.78 is 0. The van der Waals surface area contributed by atoms with E-state index in [-0.39, 0.29) is 23.6 Å². The maximum Gasteiger partial charge on any atom is 0.274 e. The van der Waals surface area contributed by atoms with Crippen molar-refractivity contribution < 1.29 is 9.59 Å². The number of carbonyl (C=O) groups is 2. The third-order valence-electron chi connectivity index (χ3n) is 4.22. The third kappa shape index (κ3) is 4.66. The first-order valence-corrected chi connectivity index (χ1v) is 8.63. The van der Waals surface area contributed by atoms with Crippen molar-refractivity contribution in [3.05, 3.63) is 58.9 Å². The van der Waals surface area contributed by atoms with Crippen molar-refractivity contribution in [2.24, 2.45) is 0 Å². The Morgan fingerprint density at radius 1 is 1.16 bits per heavy atom. The molecule has 0 fully saturated rings. The Morgan fingerprint density at radius 2 is 1.92 bits per heavy atom. The molecule has 1 aromatic carbocycles. The van der Waals surface area contributed by atoms with Crippen LogP contribution in [0.2, 0.25) is 0 Å². The van der Waals surface area contributed by atoms with Crippen LogP contribution in [0.5, 0.6) is 0 Å². The largest absolute Gasteiger partial charge is 0.350 e. The molecule has 0 aliphatic heterocycles. The zero-order chi connectivity index (χ0) is 18.4. The van der Waals surface area contributed by atoms with E-state index in [0.29, 0.717) is 5.56 Å². The molecule has 0 radical (unpaired) electrons. The van der Waals surface area contributed by atoms with Gasteiger partial charge in [0.15, 0.2) is 0 Å². The minimum absolute atomic E-state index is 0.0806. The third-order valence-corrected chi connectivity index (χ3v) is 4.22. The lowest BCUT2D eigenvalue weighted by Crippen LogP contribution is -2.32. The number of nitrogens with one attached hydrogen (secondary N) is 2. The molecule has 0 aliphatic rings. The van der Waals surface area contributed by atoms with Crippen molar-refractivity contribution >= 4 is 17.5 Å². The molecule has 5 heteroatoms. The van der Waals surface area contributed by atoms with Gasteiger partial charge >= 0.3 is 0 Å². The lowest BCUT2D eigenvalue weighted by molar-refractivity contribution is 0.0939. The van der Waals surface area contributed by atoms with Crippen LogP contribution in [0, 0.1) is 6.92 Å². The number of nitrogens with zero attached hydrogens (tertiary/aromatic N) is 1. The van der Waals surface area contributed by atoms with E-state index < -0.39 is 0 Å². The van der Waals surface area contributed by atoms with E-state index in [1.807, 2.05) is 45.9 Å². The van der Waals surface area contributed by atoms with Gasteiger partial charge in [0.2, 0.25) is 0 Å². The smallest absolute Gasteiger partial charge is 0.274 e. The molecule has 2 aromatic rings. The first kappa shape index (κ1) is 18.6. The predicted octanol–water partition coefficient (Wildman–Crippen LogP) is 3.73. The van der Waals surface area contributed by atoms with Gasteiger partial charge in [0.1, 0.15) is 5.69 Å². The fourth-order valence-corrected chi connectivity index (χ4v) is 2.48. The Balaban J connectivity index is 2.21. The molecule has 1 aromatic heterocycles. The first-order chi connectivity index (χ1) is 12.0. The second-order valence-corrected chi connectivity index (χ2v) is 6.13. The maximum atomic E-state index is 12.6. The summed E-state index contributed by atoms with van der Waals surface area (Å²) >= 11 is 0. The van der Waals surface area contributed by atoms with Gasteiger partial charge in [0.25, 0.3) is 11.8 Å². The standard InChI is InChI=1S/C20H25N3O2/c1-5-14(4)22-19(24)16-10-11-21-17(12-16)20(25)23-18-13(3)8-7-9-15(18)6-2/h7-12,14H,5-6H2,1-4H3,(H,22,24)(H,23,25). The predicted molar refractivity (Wildman–Crippen MR) is 100.0 cm³/mol. The highest BCUT2D eigenvalue weighted by atomic mass is 16.2. The van der Waals surface area contributed by atoms with Crippen LogP contribution in [0.4, 0.5) is 5.69 Å². The minimum atomic E-state index is -0.317. The maximum absolute atomic E-state index is 12.6. The zero-order valence-electron chi connectivity index (χ0n) is 15.2. The Kier molecular flexibility index (Phi) is 6.28. The molecule has 2 N–H and O–H groups in total. The average Bonchev–Trinajstić information content (AvgIpc) is 2.63. The molecule has 0 spiro atoms. The van der Waals surface area contributed by atoms with Gasteiger partial charge in [0, 0.05) is 23.5 Å². The molecule has 0 bridgehead atoms. The van der Waals surface area contributed by atoms with E-state index >= 15 is 0 Å². The summed E-state index contributed by atoms with van der Waals surface area (Å²) in [6.45, 7) is 7.95. The Hall–Kier alpha value is -2.69. The summed E-state index contributed by atoms with van der Waals surface area (Å²) in [4.78, 5) is 28.9. The minimum Gasteiger partial charge on any atom is -0.350 e. The van der Waals surface area contributed by atoms with Crippen molar-refractivity contribution in [3.63, 3.8) is 0 Å². The summed E-state index contributed by atoms with van der Waals surface area (Å²) in [7, 11) is 0. The van der Waals surface area contributed by atoms with Crippen LogP contribution in [0.25, 0.3) is 0 Å². The van der Waals surface area contributed by atoms with Gasteiger partial charge in [0.05, 0.1) is 0 Å². The van der Waals surface area contributed by atoms with Crippen molar-refractivity contribution in [3.8, 4) is 0 Å². The van der Waals surface area contributed by atoms with E-state index in [1.54, 1.807) is 6.07 Å². The van der Waals surface area contributed by atoms with Gasteiger partial charge in [-0.05, 0) is 49.9 Å². The highest BCUT2D eigenvalue weighted by Gasteiger charge is 2.15. The zero-order valence-corrected chi connectivity index (χ0v) is 15.2. The van der Waals surface area contributed by atoms with Crippen LogP contribution in [-0.2, 0) is 6.42 Å². The Labute approximate surface area is 148 Å². The number of benzene rings is 1. The van der Waals surface area contributed by atoms with Crippen LogP contribution >= 0.6 is 0 Å². The number of pyridine rings is 1. The van der Waals surface area contributed by atoms with Gasteiger partial charge in [-0.3, -0.25) is 14.6 Å². The number of hydrogen-bond acceptors (Lipinski definition) is 3. The Morgan fingerprint density at radius 3 is 2.60 bits per heavy atom. The lowest BCUT2D eigenvalue weighted by atomic mass is 10.1. The summed E-state index contributed by atoms with van der Waals surface area (Å²) in [6.07, 6.45) is 3.15. The molecule has 1 unspecified atom stereocenters. The van der Waals surface area contributed by atoms with Gasteiger partial charge in [-0.25, -0.2) is 0 Å². The van der Waals surface area contributed by atoms with Crippen LogP contribution in [0.3, 0.4) is 0 Å². The fraction of sp³-hybridized carbons (Fsp3) is 0.350. The van der Waals surface area contributed by atoms with Gasteiger partial charge in [-0.2, -0.15) is 0 Å². The average molecular weight is 339 g/mol. The number of anilines is 1. The number of aryl methyl sites for hydroxylation is 2. The molecule has 1 atom stereocenters. The van der Waals surface area contributed by atoms with Crippen LogP contribution in [0.1, 0.15) is 59.2 Å². The Bertz CT molecular complexity index is 771. The number of hydrogen-bond donors (Lipinski definition) is 2. The van der Waals surface area contributed by atoms with E-state index in [4.69, 9.17) is 0 Å². The van der Waals surface area contributed by atoms with Crippen molar-refractivity contribution in [2.75, 3.05) is 5.32 Å². The normalized spacial score (nSPS) is 11.7. The van der Waals surface area contributed by atoms with E-state index in [2.05, 4.69) is 15.6 Å². The molecule has 0 saturated heterocycles. The molecule has 0 saturated carbocycles. The van der Waals surface area contributed by atoms with Crippen LogP contribution in [-0.4, -0.2) is 22.8 Å². The van der Waals surface area contributed by atoms with Crippen LogP contribution in [0.15, 0.2) is 36.5 Å². The molecule has 5 nitrogen and oxygen atoms in total. The first-order valence-electron chi connectivity index (χ1n) is 8.63.